The number of rotatable bonds is 4. The summed E-state index contributed by atoms with van der Waals surface area (Å²) in [7, 11) is 0. The third kappa shape index (κ3) is 2.27. The molecule has 62 valence electrons. The van der Waals surface area contributed by atoms with Gasteiger partial charge in [0.25, 0.3) is 0 Å². The van der Waals surface area contributed by atoms with Crippen molar-refractivity contribution in [1.82, 2.24) is 9.97 Å². The van der Waals surface area contributed by atoms with Gasteiger partial charge in [-0.3, -0.25) is 9.78 Å². The predicted molar refractivity (Wildman–Crippen MR) is 45.8 cm³/mol. The molecule has 0 amide bonds. The smallest absolute Gasteiger partial charge is 0.183 e. The number of hydrogen-bond acceptors (Lipinski definition) is 3. The van der Waals surface area contributed by atoms with Crippen LogP contribution in [0.5, 0.6) is 0 Å². The quantitative estimate of drug-likeness (QED) is 0.499. The number of hydrogen-bond donors (Lipinski definition) is 0. The molecule has 1 heterocycles. The van der Waals surface area contributed by atoms with Crippen molar-refractivity contribution in [2.45, 2.75) is 12.8 Å². The predicted octanol–water partition coefficient (Wildman–Crippen LogP) is 1.63. The Kier molecular flexibility index (Phi) is 3.14. The number of nitrogens with zero attached hydrogens (tertiary/aromatic N) is 2. The van der Waals surface area contributed by atoms with Gasteiger partial charge in [0.1, 0.15) is 5.69 Å². The molecule has 3 heteroatoms. The molecule has 0 aliphatic carbocycles. The fraction of sp³-hybridized carbons (Fsp3) is 0.222. The van der Waals surface area contributed by atoms with Crippen molar-refractivity contribution < 1.29 is 4.79 Å². The van der Waals surface area contributed by atoms with E-state index < -0.39 is 0 Å². The molecule has 0 aliphatic rings. The molecular formula is C9H10N2O. The molecule has 3 nitrogen and oxygen atoms in total. The molecule has 1 aromatic heterocycles. The van der Waals surface area contributed by atoms with Gasteiger partial charge in [0.05, 0.1) is 6.20 Å². The van der Waals surface area contributed by atoms with E-state index in [1.165, 1.54) is 12.4 Å². The molecule has 0 fully saturated rings. The maximum atomic E-state index is 11.3. The number of carbonyl (C=O) groups is 1. The molecule has 0 spiro atoms. The summed E-state index contributed by atoms with van der Waals surface area (Å²) in [6, 6.07) is 0. The van der Waals surface area contributed by atoms with Crippen LogP contribution in [0.3, 0.4) is 0 Å². The van der Waals surface area contributed by atoms with Crippen molar-refractivity contribution in [2.24, 2.45) is 0 Å². The Balaban J connectivity index is 2.59. The molecule has 0 atom stereocenters. The van der Waals surface area contributed by atoms with Gasteiger partial charge in [-0.15, -0.1) is 6.58 Å². The Morgan fingerprint density at radius 3 is 3.00 bits per heavy atom. The average molecular weight is 162 g/mol. The summed E-state index contributed by atoms with van der Waals surface area (Å²) in [6.07, 6.45) is 7.41. The lowest BCUT2D eigenvalue weighted by Gasteiger charge is -1.95. The summed E-state index contributed by atoms with van der Waals surface area (Å²) < 4.78 is 0. The summed E-state index contributed by atoms with van der Waals surface area (Å²) in [5.41, 5.74) is 0.430. The minimum Gasteiger partial charge on any atom is -0.292 e. The fourth-order valence-electron chi connectivity index (χ4n) is 0.804. The summed E-state index contributed by atoms with van der Waals surface area (Å²) >= 11 is 0. The molecule has 0 radical (unpaired) electrons. The highest BCUT2D eigenvalue weighted by atomic mass is 16.1. The van der Waals surface area contributed by atoms with Gasteiger partial charge in [-0.25, -0.2) is 4.98 Å². The number of aromatic nitrogens is 2. The fourth-order valence-corrected chi connectivity index (χ4v) is 0.804. The summed E-state index contributed by atoms with van der Waals surface area (Å²) in [5.74, 6) is 0.0167. The van der Waals surface area contributed by atoms with E-state index in [4.69, 9.17) is 0 Å². The van der Waals surface area contributed by atoms with Crippen LogP contribution in [0.1, 0.15) is 23.3 Å². The van der Waals surface area contributed by atoms with E-state index in [0.717, 1.165) is 0 Å². The van der Waals surface area contributed by atoms with Crippen LogP contribution in [-0.2, 0) is 0 Å². The van der Waals surface area contributed by atoms with Crippen LogP contribution in [-0.4, -0.2) is 15.8 Å². The van der Waals surface area contributed by atoms with Gasteiger partial charge in [-0.1, -0.05) is 6.08 Å². The molecule has 0 bridgehead atoms. The van der Waals surface area contributed by atoms with Crippen LogP contribution in [0.2, 0.25) is 0 Å². The molecule has 0 saturated carbocycles. The zero-order valence-electron chi connectivity index (χ0n) is 6.73. The number of Topliss-reactive ketones (excluding diaryl/α,β-unsaturated/α-hetero) is 1. The van der Waals surface area contributed by atoms with Crippen molar-refractivity contribution in [3.05, 3.63) is 36.9 Å². The van der Waals surface area contributed by atoms with Crippen LogP contribution in [0.4, 0.5) is 0 Å². The molecule has 1 rings (SSSR count). The first-order chi connectivity index (χ1) is 5.84. The number of carbonyl (C=O) groups excluding carboxylic acids is 1. The van der Waals surface area contributed by atoms with Crippen LogP contribution < -0.4 is 0 Å². The van der Waals surface area contributed by atoms with E-state index in [9.17, 15) is 4.79 Å². The zero-order valence-corrected chi connectivity index (χ0v) is 6.73. The maximum absolute atomic E-state index is 11.3. The van der Waals surface area contributed by atoms with Crippen LogP contribution in [0, 0.1) is 0 Å². The van der Waals surface area contributed by atoms with Crippen LogP contribution in [0.25, 0.3) is 0 Å². The van der Waals surface area contributed by atoms with E-state index in [0.29, 0.717) is 18.5 Å². The largest absolute Gasteiger partial charge is 0.292 e. The van der Waals surface area contributed by atoms with Gasteiger partial charge in [0.2, 0.25) is 0 Å². The molecule has 1 aromatic rings. The van der Waals surface area contributed by atoms with E-state index in [1.807, 2.05) is 0 Å². The standard InChI is InChI=1S/C9H10N2O/c1-2-3-4-9(12)8-7-10-5-6-11-8/h2,5-7H,1,3-4H2. The Morgan fingerprint density at radius 2 is 2.42 bits per heavy atom. The van der Waals surface area contributed by atoms with Crippen molar-refractivity contribution in [2.75, 3.05) is 0 Å². The van der Waals surface area contributed by atoms with E-state index >= 15 is 0 Å². The molecule has 0 unspecified atom stereocenters. The zero-order chi connectivity index (χ0) is 8.81. The van der Waals surface area contributed by atoms with Crippen molar-refractivity contribution in [3.8, 4) is 0 Å². The molecule has 12 heavy (non-hydrogen) atoms. The van der Waals surface area contributed by atoms with Gasteiger partial charge >= 0.3 is 0 Å². The molecule has 0 aliphatic heterocycles. The van der Waals surface area contributed by atoms with Gasteiger partial charge in [0, 0.05) is 18.8 Å². The Morgan fingerprint density at radius 1 is 1.58 bits per heavy atom. The SMILES string of the molecule is C=CCCC(=O)c1cnccn1. The maximum Gasteiger partial charge on any atom is 0.183 e. The lowest BCUT2D eigenvalue weighted by Crippen LogP contribution is -2.01. The number of ketones is 1. The average Bonchev–Trinajstić information content (AvgIpc) is 2.15. The lowest BCUT2D eigenvalue weighted by molar-refractivity contribution is 0.0978. The van der Waals surface area contributed by atoms with Gasteiger partial charge < -0.3 is 0 Å². The molecular weight excluding hydrogens is 152 g/mol. The summed E-state index contributed by atoms with van der Waals surface area (Å²) in [6.45, 7) is 3.54. The highest BCUT2D eigenvalue weighted by Gasteiger charge is 2.04. The second-order valence-electron chi connectivity index (χ2n) is 2.34. The van der Waals surface area contributed by atoms with Crippen molar-refractivity contribution >= 4 is 5.78 Å². The second-order valence-corrected chi connectivity index (χ2v) is 2.34. The third-order valence-corrected chi connectivity index (χ3v) is 1.42. The topological polar surface area (TPSA) is 42.9 Å². The van der Waals surface area contributed by atoms with Gasteiger partial charge in [0.15, 0.2) is 5.78 Å². The normalized spacial score (nSPS) is 9.33. The third-order valence-electron chi connectivity index (χ3n) is 1.42. The van der Waals surface area contributed by atoms with Gasteiger partial charge in [-0.2, -0.15) is 0 Å². The van der Waals surface area contributed by atoms with E-state index in [1.54, 1.807) is 12.3 Å². The van der Waals surface area contributed by atoms with E-state index in [2.05, 4.69) is 16.5 Å². The lowest BCUT2D eigenvalue weighted by atomic mass is 10.2. The second kappa shape index (κ2) is 4.38. The minimum absolute atomic E-state index is 0.0167. The highest BCUT2D eigenvalue weighted by molar-refractivity contribution is 5.93. The first-order valence-electron chi connectivity index (χ1n) is 3.74. The van der Waals surface area contributed by atoms with Gasteiger partial charge in [-0.05, 0) is 6.42 Å². The first kappa shape index (κ1) is 8.59. The molecule has 0 aromatic carbocycles. The van der Waals surface area contributed by atoms with Crippen molar-refractivity contribution in [3.63, 3.8) is 0 Å². The van der Waals surface area contributed by atoms with Crippen LogP contribution >= 0.6 is 0 Å². The Hall–Kier alpha value is -1.51. The Bertz CT molecular complexity index is 269. The van der Waals surface area contributed by atoms with Crippen molar-refractivity contribution in [1.29, 1.82) is 0 Å². The highest BCUT2D eigenvalue weighted by Crippen LogP contribution is 1.99. The van der Waals surface area contributed by atoms with E-state index in [-0.39, 0.29) is 5.78 Å². The number of allylic oxidation sites excluding steroid dienone is 1. The summed E-state index contributed by atoms with van der Waals surface area (Å²) in [4.78, 5) is 18.9. The minimum atomic E-state index is 0.0167. The molecule has 0 N–H and O–H groups in total. The van der Waals surface area contributed by atoms with Crippen LogP contribution in [0.15, 0.2) is 31.2 Å². The first-order valence-corrected chi connectivity index (χ1v) is 3.74. The molecule has 0 saturated heterocycles. The Labute approximate surface area is 71.2 Å². The monoisotopic (exact) mass is 162 g/mol. The summed E-state index contributed by atoms with van der Waals surface area (Å²) in [5, 5.41) is 0.